The molecule has 1 N–H and O–H groups in total. The molecular formula is C26H34N4O3. The molecule has 0 atom stereocenters. The molecule has 0 unspecified atom stereocenters. The van der Waals surface area contributed by atoms with Crippen LogP contribution in [0.4, 0.5) is 0 Å². The number of benzene rings is 2. The molecule has 7 nitrogen and oxygen atoms in total. The number of nitrogens with zero attached hydrogens (tertiary/aromatic N) is 3. The number of rotatable bonds is 13. The molecule has 33 heavy (non-hydrogen) atoms. The zero-order valence-corrected chi connectivity index (χ0v) is 19.8. The first-order valence-electron chi connectivity index (χ1n) is 11.7. The number of unbranched alkanes of at least 4 members (excludes halogenated alkanes) is 2. The standard InChI is InChI=1S/C26H34N4O3/c1-4-30(5-2)19-20-10-12-22(13-11-20)26(31)27-18-8-6-7-9-24-28-25(29-33-24)21-14-16-23(32-3)17-15-21/h10-17H,4-9,18-19H2,1-3H3,(H,27,31). The summed E-state index contributed by atoms with van der Waals surface area (Å²) in [6.07, 6.45) is 3.54. The first kappa shape index (κ1) is 24.5. The van der Waals surface area contributed by atoms with Crippen molar-refractivity contribution < 1.29 is 14.1 Å². The molecule has 7 heteroatoms. The molecule has 0 spiro atoms. The summed E-state index contributed by atoms with van der Waals surface area (Å²) in [5.74, 6) is 1.99. The van der Waals surface area contributed by atoms with Crippen molar-refractivity contribution >= 4 is 5.91 Å². The maximum Gasteiger partial charge on any atom is 0.251 e. The van der Waals surface area contributed by atoms with Crippen molar-refractivity contribution in [3.63, 3.8) is 0 Å². The highest BCUT2D eigenvalue weighted by Crippen LogP contribution is 2.20. The van der Waals surface area contributed by atoms with Gasteiger partial charge in [-0.2, -0.15) is 4.98 Å². The number of carbonyl (C=O) groups excluding carboxylic acids is 1. The van der Waals surface area contributed by atoms with Crippen molar-refractivity contribution in [2.75, 3.05) is 26.7 Å². The quantitative estimate of drug-likeness (QED) is 0.379. The largest absolute Gasteiger partial charge is 0.497 e. The van der Waals surface area contributed by atoms with Gasteiger partial charge >= 0.3 is 0 Å². The van der Waals surface area contributed by atoms with Crippen LogP contribution in [0.5, 0.6) is 5.75 Å². The molecule has 3 aromatic rings. The first-order chi connectivity index (χ1) is 16.1. The lowest BCUT2D eigenvalue weighted by Gasteiger charge is -2.18. The van der Waals surface area contributed by atoms with E-state index in [1.54, 1.807) is 7.11 Å². The van der Waals surface area contributed by atoms with E-state index in [0.29, 0.717) is 23.8 Å². The molecule has 1 aromatic heterocycles. The molecule has 0 aliphatic heterocycles. The smallest absolute Gasteiger partial charge is 0.251 e. The maximum absolute atomic E-state index is 12.4. The number of ether oxygens (including phenoxy) is 1. The topological polar surface area (TPSA) is 80.5 Å². The van der Waals surface area contributed by atoms with Gasteiger partial charge < -0.3 is 14.6 Å². The van der Waals surface area contributed by atoms with Crippen molar-refractivity contribution in [3.05, 3.63) is 65.5 Å². The van der Waals surface area contributed by atoms with Gasteiger partial charge in [0, 0.05) is 30.6 Å². The lowest BCUT2D eigenvalue weighted by molar-refractivity contribution is 0.0953. The number of aryl methyl sites for hydroxylation is 1. The predicted octanol–water partition coefficient (Wildman–Crippen LogP) is 4.73. The average Bonchev–Trinajstić information content (AvgIpc) is 3.34. The number of amides is 1. The van der Waals surface area contributed by atoms with E-state index in [4.69, 9.17) is 9.26 Å². The summed E-state index contributed by atoms with van der Waals surface area (Å²) in [4.78, 5) is 19.2. The van der Waals surface area contributed by atoms with Crippen LogP contribution in [0.2, 0.25) is 0 Å². The van der Waals surface area contributed by atoms with Crippen LogP contribution < -0.4 is 10.1 Å². The third-order valence-electron chi connectivity index (χ3n) is 5.69. The lowest BCUT2D eigenvalue weighted by atomic mass is 10.1. The number of carbonyl (C=O) groups is 1. The first-order valence-corrected chi connectivity index (χ1v) is 11.7. The Bertz CT molecular complexity index is 980. The Balaban J connectivity index is 1.33. The molecule has 0 fully saturated rings. The van der Waals surface area contributed by atoms with Gasteiger partial charge in [0.15, 0.2) is 0 Å². The highest BCUT2D eigenvalue weighted by atomic mass is 16.5. The summed E-state index contributed by atoms with van der Waals surface area (Å²) in [7, 11) is 1.64. The van der Waals surface area contributed by atoms with Crippen LogP contribution in [0.15, 0.2) is 53.1 Å². The van der Waals surface area contributed by atoms with Crippen LogP contribution in [0.3, 0.4) is 0 Å². The Morgan fingerprint density at radius 1 is 1.00 bits per heavy atom. The van der Waals surface area contributed by atoms with Crippen LogP contribution in [0.25, 0.3) is 11.4 Å². The van der Waals surface area contributed by atoms with E-state index in [-0.39, 0.29) is 5.91 Å². The van der Waals surface area contributed by atoms with Crippen molar-refractivity contribution in [1.29, 1.82) is 0 Å². The molecule has 176 valence electrons. The van der Waals surface area contributed by atoms with Gasteiger partial charge in [-0.3, -0.25) is 9.69 Å². The number of aromatic nitrogens is 2. The van der Waals surface area contributed by atoms with Gasteiger partial charge in [0.1, 0.15) is 5.75 Å². The second-order valence-corrected chi connectivity index (χ2v) is 7.97. The van der Waals surface area contributed by atoms with E-state index >= 15 is 0 Å². The van der Waals surface area contributed by atoms with E-state index in [1.807, 2.05) is 48.5 Å². The minimum Gasteiger partial charge on any atom is -0.497 e. The fourth-order valence-corrected chi connectivity index (χ4v) is 3.56. The minimum absolute atomic E-state index is 0.0228. The second-order valence-electron chi connectivity index (χ2n) is 7.97. The van der Waals surface area contributed by atoms with E-state index in [2.05, 4.69) is 34.2 Å². The molecular weight excluding hydrogens is 416 g/mol. The minimum atomic E-state index is -0.0228. The zero-order chi connectivity index (χ0) is 23.5. The fourth-order valence-electron chi connectivity index (χ4n) is 3.56. The monoisotopic (exact) mass is 450 g/mol. The van der Waals surface area contributed by atoms with Gasteiger partial charge in [-0.15, -0.1) is 0 Å². The zero-order valence-electron chi connectivity index (χ0n) is 19.8. The Morgan fingerprint density at radius 3 is 2.39 bits per heavy atom. The van der Waals surface area contributed by atoms with Gasteiger partial charge in [-0.05, 0) is 67.9 Å². The van der Waals surface area contributed by atoms with E-state index in [9.17, 15) is 4.79 Å². The lowest BCUT2D eigenvalue weighted by Crippen LogP contribution is -2.24. The number of hydrogen-bond donors (Lipinski definition) is 1. The molecule has 0 aliphatic rings. The maximum atomic E-state index is 12.4. The summed E-state index contributed by atoms with van der Waals surface area (Å²) >= 11 is 0. The van der Waals surface area contributed by atoms with Gasteiger partial charge in [0.05, 0.1) is 7.11 Å². The number of methoxy groups -OCH3 is 1. The highest BCUT2D eigenvalue weighted by Gasteiger charge is 2.09. The Morgan fingerprint density at radius 2 is 1.73 bits per heavy atom. The molecule has 0 aliphatic carbocycles. The summed E-state index contributed by atoms with van der Waals surface area (Å²) in [5.41, 5.74) is 2.83. The number of hydrogen-bond acceptors (Lipinski definition) is 6. The molecule has 2 aromatic carbocycles. The van der Waals surface area contributed by atoms with Crippen molar-refractivity contribution in [1.82, 2.24) is 20.4 Å². The molecule has 1 amide bonds. The Labute approximate surface area is 196 Å². The van der Waals surface area contributed by atoms with Crippen LogP contribution in [-0.2, 0) is 13.0 Å². The molecule has 0 saturated carbocycles. The molecule has 1 heterocycles. The Kier molecular flexibility index (Phi) is 9.44. The SMILES string of the molecule is CCN(CC)Cc1ccc(C(=O)NCCCCCc2nc(-c3ccc(OC)cc3)no2)cc1. The van der Waals surface area contributed by atoms with Gasteiger partial charge in [0.25, 0.3) is 5.91 Å². The fraction of sp³-hybridized carbons (Fsp3) is 0.423. The predicted molar refractivity (Wildman–Crippen MR) is 129 cm³/mol. The third-order valence-corrected chi connectivity index (χ3v) is 5.69. The summed E-state index contributed by atoms with van der Waals surface area (Å²) in [6.45, 7) is 7.93. The van der Waals surface area contributed by atoms with Crippen LogP contribution in [-0.4, -0.2) is 47.7 Å². The van der Waals surface area contributed by atoms with Crippen molar-refractivity contribution in [3.8, 4) is 17.1 Å². The van der Waals surface area contributed by atoms with Gasteiger partial charge in [-0.1, -0.05) is 37.6 Å². The molecule has 0 bridgehead atoms. The normalized spacial score (nSPS) is 11.0. The summed E-state index contributed by atoms with van der Waals surface area (Å²) in [6, 6.07) is 15.5. The third kappa shape index (κ3) is 7.43. The molecule has 0 saturated heterocycles. The average molecular weight is 451 g/mol. The van der Waals surface area contributed by atoms with Crippen LogP contribution in [0, 0.1) is 0 Å². The summed E-state index contributed by atoms with van der Waals surface area (Å²) < 4.78 is 10.5. The number of nitrogens with one attached hydrogen (secondary N) is 1. The molecule has 0 radical (unpaired) electrons. The summed E-state index contributed by atoms with van der Waals surface area (Å²) in [5, 5.41) is 7.06. The molecule has 3 rings (SSSR count). The van der Waals surface area contributed by atoms with Crippen molar-refractivity contribution in [2.45, 2.75) is 46.1 Å². The van der Waals surface area contributed by atoms with Gasteiger partial charge in [-0.25, -0.2) is 0 Å². The van der Waals surface area contributed by atoms with Crippen LogP contribution in [0.1, 0.15) is 54.9 Å². The Hall–Kier alpha value is -3.19. The van der Waals surface area contributed by atoms with Crippen molar-refractivity contribution in [2.24, 2.45) is 0 Å². The second kappa shape index (κ2) is 12.7. The van der Waals surface area contributed by atoms with E-state index in [0.717, 1.165) is 56.6 Å². The van der Waals surface area contributed by atoms with Gasteiger partial charge in [0.2, 0.25) is 11.7 Å². The van der Waals surface area contributed by atoms with Crippen LogP contribution >= 0.6 is 0 Å². The van der Waals surface area contributed by atoms with E-state index < -0.39 is 0 Å². The van der Waals surface area contributed by atoms with E-state index in [1.165, 1.54) is 5.56 Å². The highest BCUT2D eigenvalue weighted by molar-refractivity contribution is 5.94.